The van der Waals surface area contributed by atoms with Crippen molar-refractivity contribution in [1.82, 2.24) is 5.32 Å². The van der Waals surface area contributed by atoms with Crippen LogP contribution >= 0.6 is 0 Å². The summed E-state index contributed by atoms with van der Waals surface area (Å²) in [6.45, 7) is 0. The summed E-state index contributed by atoms with van der Waals surface area (Å²) in [5, 5.41) is 12.2. The Balaban J connectivity index is 1.73. The molecule has 0 radical (unpaired) electrons. The zero-order valence-corrected chi connectivity index (χ0v) is 9.69. The molecule has 0 aromatic rings. The van der Waals surface area contributed by atoms with E-state index in [1.165, 1.54) is 0 Å². The Morgan fingerprint density at radius 3 is 2.47 bits per heavy atom. The highest BCUT2D eigenvalue weighted by Gasteiger charge is 2.54. The van der Waals surface area contributed by atoms with Gasteiger partial charge in [0.25, 0.3) is 0 Å². The molecule has 3 saturated carbocycles. The number of carboxylic acids is 1. The molecule has 4 N–H and O–H groups in total. The number of nitrogens with two attached hydrogens (primary N) is 1. The summed E-state index contributed by atoms with van der Waals surface area (Å²) in [4.78, 5) is 23.2. The van der Waals surface area contributed by atoms with E-state index in [-0.39, 0.29) is 17.9 Å². The average Bonchev–Trinajstić information content (AvgIpc) is 2.76. The van der Waals surface area contributed by atoms with Crippen LogP contribution in [-0.2, 0) is 9.59 Å². The summed E-state index contributed by atoms with van der Waals surface area (Å²) in [7, 11) is 0. The first kappa shape index (κ1) is 11.0. The second-order valence-electron chi connectivity index (χ2n) is 5.85. The second-order valence-corrected chi connectivity index (χ2v) is 5.85. The van der Waals surface area contributed by atoms with Crippen molar-refractivity contribution in [3.8, 4) is 0 Å². The van der Waals surface area contributed by atoms with Gasteiger partial charge in [-0.2, -0.15) is 0 Å². The molecule has 94 valence electrons. The normalized spacial score (nSPS) is 41.2. The van der Waals surface area contributed by atoms with Crippen LogP contribution in [0, 0.1) is 17.8 Å². The van der Waals surface area contributed by atoms with Crippen molar-refractivity contribution in [2.45, 2.75) is 43.7 Å². The van der Waals surface area contributed by atoms with Crippen molar-refractivity contribution >= 4 is 11.9 Å². The molecule has 0 spiro atoms. The van der Waals surface area contributed by atoms with Crippen molar-refractivity contribution in [1.29, 1.82) is 0 Å². The van der Waals surface area contributed by atoms with Crippen molar-refractivity contribution < 1.29 is 14.7 Å². The molecule has 1 amide bonds. The predicted octanol–water partition coefficient (Wildman–Crippen LogP) is 0.0932. The maximum Gasteiger partial charge on any atom is 0.308 e. The molecule has 17 heavy (non-hydrogen) atoms. The maximum atomic E-state index is 11.9. The molecule has 0 aliphatic heterocycles. The van der Waals surface area contributed by atoms with E-state index >= 15 is 0 Å². The molecule has 2 bridgehead atoms. The van der Waals surface area contributed by atoms with Gasteiger partial charge >= 0.3 is 5.97 Å². The Hall–Kier alpha value is -1.10. The van der Waals surface area contributed by atoms with Gasteiger partial charge in [-0.15, -0.1) is 0 Å². The molecule has 0 heterocycles. The van der Waals surface area contributed by atoms with E-state index in [1.54, 1.807) is 0 Å². The number of fused-ring (bicyclic) bond motifs is 2. The number of nitrogens with one attached hydrogen (secondary N) is 1. The minimum Gasteiger partial charge on any atom is -0.481 e. The number of hydrogen-bond acceptors (Lipinski definition) is 3. The highest BCUT2D eigenvalue weighted by molar-refractivity contribution is 5.89. The minimum absolute atomic E-state index is 0.152. The third-order valence-electron chi connectivity index (χ3n) is 4.74. The predicted molar refractivity (Wildman–Crippen MR) is 60.0 cm³/mol. The number of amides is 1. The van der Waals surface area contributed by atoms with E-state index in [4.69, 9.17) is 5.73 Å². The van der Waals surface area contributed by atoms with Gasteiger partial charge in [0.05, 0.1) is 11.5 Å². The van der Waals surface area contributed by atoms with Gasteiger partial charge in [-0.3, -0.25) is 9.59 Å². The topological polar surface area (TPSA) is 92.4 Å². The molecule has 4 atom stereocenters. The molecule has 3 rings (SSSR count). The second kappa shape index (κ2) is 3.45. The summed E-state index contributed by atoms with van der Waals surface area (Å²) in [6, 6.07) is -0.195. The van der Waals surface area contributed by atoms with Crippen molar-refractivity contribution in [2.75, 3.05) is 0 Å². The lowest BCUT2D eigenvalue weighted by Gasteiger charge is -2.29. The van der Waals surface area contributed by atoms with Crippen LogP contribution < -0.4 is 11.1 Å². The van der Waals surface area contributed by atoms with Gasteiger partial charge in [-0.05, 0) is 43.9 Å². The van der Waals surface area contributed by atoms with Gasteiger partial charge < -0.3 is 16.2 Å². The van der Waals surface area contributed by atoms with Gasteiger partial charge in [0.15, 0.2) is 0 Å². The Morgan fingerprint density at radius 1 is 1.24 bits per heavy atom. The highest BCUT2D eigenvalue weighted by Crippen LogP contribution is 2.49. The first-order valence-corrected chi connectivity index (χ1v) is 6.34. The summed E-state index contributed by atoms with van der Waals surface area (Å²) < 4.78 is 0. The van der Waals surface area contributed by atoms with Crippen molar-refractivity contribution in [3.05, 3.63) is 0 Å². The molecule has 0 aromatic carbocycles. The van der Waals surface area contributed by atoms with E-state index in [2.05, 4.69) is 5.32 Å². The Labute approximate surface area is 99.7 Å². The lowest BCUT2D eigenvalue weighted by molar-refractivity contribution is -0.144. The monoisotopic (exact) mass is 238 g/mol. The molecule has 5 heteroatoms. The number of hydrogen-bond donors (Lipinski definition) is 3. The molecule has 5 nitrogen and oxygen atoms in total. The minimum atomic E-state index is -0.774. The summed E-state index contributed by atoms with van der Waals surface area (Å²) >= 11 is 0. The quantitative estimate of drug-likeness (QED) is 0.650. The highest BCUT2D eigenvalue weighted by atomic mass is 16.4. The molecule has 0 aromatic heterocycles. The molecular weight excluding hydrogens is 220 g/mol. The summed E-state index contributed by atoms with van der Waals surface area (Å²) in [5.74, 6) is -0.742. The van der Waals surface area contributed by atoms with E-state index in [1.807, 2.05) is 0 Å². The largest absolute Gasteiger partial charge is 0.481 e. The van der Waals surface area contributed by atoms with E-state index < -0.39 is 17.4 Å². The Morgan fingerprint density at radius 2 is 1.88 bits per heavy atom. The fourth-order valence-electron chi connectivity index (χ4n) is 3.51. The van der Waals surface area contributed by atoms with Gasteiger partial charge in [-0.1, -0.05) is 0 Å². The van der Waals surface area contributed by atoms with Crippen LogP contribution in [0.15, 0.2) is 0 Å². The van der Waals surface area contributed by atoms with Crippen LogP contribution in [0.3, 0.4) is 0 Å². The first-order chi connectivity index (χ1) is 8.01. The molecule has 3 aliphatic rings. The van der Waals surface area contributed by atoms with Gasteiger partial charge in [-0.25, -0.2) is 0 Å². The Bertz CT molecular complexity index is 378. The van der Waals surface area contributed by atoms with Crippen molar-refractivity contribution in [2.24, 2.45) is 23.5 Å². The fraction of sp³-hybridized carbons (Fsp3) is 0.833. The average molecular weight is 238 g/mol. The lowest BCUT2D eigenvalue weighted by atomic mass is 9.84. The standard InChI is InChI=1S/C12H18N2O3/c13-12(3-4-12)11(17)14-9-7-2-1-6(5-7)8(9)10(15)16/h6-9H,1-5,13H2,(H,14,17)(H,15,16). The zero-order valence-electron chi connectivity index (χ0n) is 9.69. The van der Waals surface area contributed by atoms with Gasteiger partial charge in [0.2, 0.25) is 5.91 Å². The maximum absolute atomic E-state index is 11.9. The van der Waals surface area contributed by atoms with Crippen LogP contribution in [0.25, 0.3) is 0 Å². The number of carbonyl (C=O) groups is 2. The van der Waals surface area contributed by atoms with Gasteiger partial charge in [0.1, 0.15) is 0 Å². The fourth-order valence-corrected chi connectivity index (χ4v) is 3.51. The zero-order chi connectivity index (χ0) is 12.2. The van der Waals surface area contributed by atoms with E-state index in [9.17, 15) is 14.7 Å². The number of rotatable bonds is 3. The molecular formula is C12H18N2O3. The Kier molecular flexibility index (Phi) is 2.23. The molecule has 3 aliphatic carbocycles. The number of carbonyl (C=O) groups excluding carboxylic acids is 1. The van der Waals surface area contributed by atoms with Crippen LogP contribution in [0.1, 0.15) is 32.1 Å². The summed E-state index contributed by atoms with van der Waals surface area (Å²) in [6.07, 6.45) is 4.41. The summed E-state index contributed by atoms with van der Waals surface area (Å²) in [5.41, 5.74) is 5.12. The van der Waals surface area contributed by atoms with Crippen molar-refractivity contribution in [3.63, 3.8) is 0 Å². The van der Waals surface area contributed by atoms with E-state index in [0.29, 0.717) is 5.92 Å². The SMILES string of the molecule is NC1(C(=O)NC2C3CCC(C3)C2C(=O)O)CC1. The van der Waals surface area contributed by atoms with Crippen LogP contribution in [0.5, 0.6) is 0 Å². The van der Waals surface area contributed by atoms with Crippen LogP contribution in [-0.4, -0.2) is 28.6 Å². The van der Waals surface area contributed by atoms with Gasteiger partial charge in [0, 0.05) is 6.04 Å². The molecule has 0 saturated heterocycles. The molecule has 3 fully saturated rings. The lowest BCUT2D eigenvalue weighted by Crippen LogP contribution is -2.52. The third kappa shape index (κ3) is 1.64. The van der Waals surface area contributed by atoms with Crippen LogP contribution in [0.4, 0.5) is 0 Å². The molecule has 4 unspecified atom stereocenters. The number of carboxylic acid groups (broad SMARTS) is 1. The van der Waals surface area contributed by atoms with Crippen LogP contribution in [0.2, 0.25) is 0 Å². The first-order valence-electron chi connectivity index (χ1n) is 6.34. The number of aliphatic carboxylic acids is 1. The third-order valence-corrected chi connectivity index (χ3v) is 4.74. The smallest absolute Gasteiger partial charge is 0.308 e. The van der Waals surface area contributed by atoms with E-state index in [0.717, 1.165) is 32.1 Å².